The summed E-state index contributed by atoms with van der Waals surface area (Å²) in [6.45, 7) is 0. The van der Waals surface area contributed by atoms with Gasteiger partial charge in [0.05, 0.1) is 7.11 Å². The highest BCUT2D eigenvalue weighted by Crippen LogP contribution is 2.29. The number of halogens is 3. The number of benzene rings is 1. The smallest absolute Gasteiger partial charge is 0.453 e. The van der Waals surface area contributed by atoms with E-state index in [1.807, 2.05) is 18.2 Å². The van der Waals surface area contributed by atoms with Crippen molar-refractivity contribution in [1.82, 2.24) is 19.8 Å². The molecule has 114 valence electrons. The zero-order valence-electron chi connectivity index (χ0n) is 11.2. The van der Waals surface area contributed by atoms with Crippen LogP contribution in [0, 0.1) is 0 Å². The Morgan fingerprint density at radius 1 is 1.18 bits per heavy atom. The van der Waals surface area contributed by atoms with Gasteiger partial charge in [-0.2, -0.15) is 22.8 Å². The number of para-hydroxylation sites is 1. The molecule has 5 nitrogen and oxygen atoms in total. The molecule has 0 aliphatic carbocycles. The fraction of sp³-hybridized carbons (Fsp3) is 0.154. The number of hydrogen-bond acceptors (Lipinski definition) is 5. The number of nitrogens with zero attached hydrogens (tertiary/aromatic N) is 4. The Morgan fingerprint density at radius 2 is 1.95 bits per heavy atom. The van der Waals surface area contributed by atoms with E-state index in [4.69, 9.17) is 4.74 Å². The molecule has 0 atom stereocenters. The van der Waals surface area contributed by atoms with Crippen LogP contribution < -0.4 is 4.74 Å². The van der Waals surface area contributed by atoms with Gasteiger partial charge in [0.2, 0.25) is 4.96 Å². The van der Waals surface area contributed by atoms with Crippen LogP contribution in [0.25, 0.3) is 17.1 Å². The van der Waals surface area contributed by atoms with Gasteiger partial charge in [-0.1, -0.05) is 29.5 Å². The van der Waals surface area contributed by atoms with Crippen molar-refractivity contribution < 1.29 is 17.9 Å². The number of methoxy groups -OCH3 is 1. The van der Waals surface area contributed by atoms with E-state index in [-0.39, 0.29) is 4.96 Å². The molecule has 0 radical (unpaired) electrons. The van der Waals surface area contributed by atoms with E-state index in [0.29, 0.717) is 15.3 Å². The van der Waals surface area contributed by atoms with Crippen molar-refractivity contribution in [2.45, 2.75) is 6.18 Å². The third-order valence-electron chi connectivity index (χ3n) is 2.80. The Kier molecular flexibility index (Phi) is 3.57. The topological polar surface area (TPSA) is 52.3 Å². The first-order valence-corrected chi connectivity index (χ1v) is 6.91. The summed E-state index contributed by atoms with van der Waals surface area (Å²) in [5, 5.41) is 10.9. The van der Waals surface area contributed by atoms with Crippen molar-refractivity contribution >= 4 is 28.4 Å². The maximum atomic E-state index is 12.7. The Bertz CT molecular complexity index is 837. The highest BCUT2D eigenvalue weighted by Gasteiger charge is 2.38. The maximum Gasteiger partial charge on any atom is 0.453 e. The molecule has 0 N–H and O–H groups in total. The second-order valence-electron chi connectivity index (χ2n) is 4.23. The summed E-state index contributed by atoms with van der Waals surface area (Å²) in [6, 6.07) is 7.29. The summed E-state index contributed by atoms with van der Waals surface area (Å²) < 4.78 is 44.0. The van der Waals surface area contributed by atoms with Gasteiger partial charge in [0, 0.05) is 5.56 Å². The molecule has 0 saturated carbocycles. The van der Waals surface area contributed by atoms with Crippen molar-refractivity contribution in [2.75, 3.05) is 7.11 Å². The van der Waals surface area contributed by atoms with Crippen LogP contribution in [-0.2, 0) is 6.18 Å². The van der Waals surface area contributed by atoms with E-state index >= 15 is 0 Å². The molecule has 2 aromatic heterocycles. The largest absolute Gasteiger partial charge is 0.496 e. The highest BCUT2D eigenvalue weighted by molar-refractivity contribution is 7.17. The van der Waals surface area contributed by atoms with Gasteiger partial charge in [0.1, 0.15) is 10.8 Å². The predicted molar refractivity (Wildman–Crippen MR) is 75.6 cm³/mol. The Balaban J connectivity index is 1.95. The predicted octanol–water partition coefficient (Wildman–Crippen LogP) is 3.38. The summed E-state index contributed by atoms with van der Waals surface area (Å²) >= 11 is 1.02. The average molecular weight is 326 g/mol. The lowest BCUT2D eigenvalue weighted by Crippen LogP contribution is -2.11. The van der Waals surface area contributed by atoms with E-state index in [2.05, 4.69) is 15.3 Å². The van der Waals surface area contributed by atoms with Crippen molar-refractivity contribution in [1.29, 1.82) is 0 Å². The first-order valence-electron chi connectivity index (χ1n) is 6.09. The monoisotopic (exact) mass is 326 g/mol. The Hall–Kier alpha value is -2.42. The lowest BCUT2D eigenvalue weighted by atomic mass is 10.2. The zero-order valence-corrected chi connectivity index (χ0v) is 12.0. The SMILES string of the molecule is COc1ccccc1C=Cc1nn2c(C(F)(F)F)nnc2s1. The first-order chi connectivity index (χ1) is 10.5. The van der Waals surface area contributed by atoms with Gasteiger partial charge in [0.25, 0.3) is 5.82 Å². The molecule has 3 rings (SSSR count). The third kappa shape index (κ3) is 2.67. The lowest BCUT2D eigenvalue weighted by molar-refractivity contribution is -0.146. The third-order valence-corrected chi connectivity index (χ3v) is 3.67. The average Bonchev–Trinajstić information content (AvgIpc) is 3.04. The number of hydrogen-bond donors (Lipinski definition) is 0. The van der Waals surface area contributed by atoms with Gasteiger partial charge >= 0.3 is 6.18 Å². The van der Waals surface area contributed by atoms with Crippen LogP contribution in [0.4, 0.5) is 13.2 Å². The minimum absolute atomic E-state index is 0.0898. The summed E-state index contributed by atoms with van der Waals surface area (Å²) in [5.41, 5.74) is 0.798. The second kappa shape index (κ2) is 5.41. The van der Waals surface area contributed by atoms with Crippen LogP contribution in [0.15, 0.2) is 24.3 Å². The van der Waals surface area contributed by atoms with Gasteiger partial charge in [-0.15, -0.1) is 10.2 Å². The molecule has 0 fully saturated rings. The molecule has 0 saturated heterocycles. The van der Waals surface area contributed by atoms with Crippen LogP contribution >= 0.6 is 11.3 Å². The van der Waals surface area contributed by atoms with E-state index in [1.165, 1.54) is 0 Å². The van der Waals surface area contributed by atoms with E-state index in [0.717, 1.165) is 16.9 Å². The van der Waals surface area contributed by atoms with E-state index in [9.17, 15) is 13.2 Å². The Morgan fingerprint density at radius 3 is 2.68 bits per heavy atom. The van der Waals surface area contributed by atoms with Crippen molar-refractivity contribution in [3.63, 3.8) is 0 Å². The van der Waals surface area contributed by atoms with Crippen LogP contribution in [0.2, 0.25) is 0 Å². The number of alkyl halides is 3. The van der Waals surface area contributed by atoms with E-state index < -0.39 is 12.0 Å². The van der Waals surface area contributed by atoms with Crippen LogP contribution in [0.5, 0.6) is 5.75 Å². The molecule has 0 aliphatic heterocycles. The minimum Gasteiger partial charge on any atom is -0.496 e. The molecule has 0 spiro atoms. The van der Waals surface area contributed by atoms with Crippen LogP contribution in [-0.4, -0.2) is 26.9 Å². The van der Waals surface area contributed by atoms with Crippen LogP contribution in [0.3, 0.4) is 0 Å². The number of fused-ring (bicyclic) bond motifs is 1. The van der Waals surface area contributed by atoms with Crippen LogP contribution in [0.1, 0.15) is 16.4 Å². The van der Waals surface area contributed by atoms with Gasteiger partial charge in [-0.05, 0) is 18.2 Å². The molecule has 0 unspecified atom stereocenters. The summed E-state index contributed by atoms with van der Waals surface area (Å²) in [7, 11) is 1.55. The van der Waals surface area contributed by atoms with Crippen molar-refractivity contribution in [3.05, 3.63) is 40.7 Å². The quantitative estimate of drug-likeness (QED) is 0.740. The molecule has 0 bridgehead atoms. The summed E-state index contributed by atoms with van der Waals surface area (Å²) in [4.78, 5) is 0.0898. The first kappa shape index (κ1) is 14.5. The van der Waals surface area contributed by atoms with Crippen molar-refractivity contribution in [2.24, 2.45) is 0 Å². The Labute approximate surface area is 126 Å². The minimum atomic E-state index is -4.59. The van der Waals surface area contributed by atoms with Gasteiger partial charge in [0.15, 0.2) is 0 Å². The molecule has 22 heavy (non-hydrogen) atoms. The molecular weight excluding hydrogens is 317 g/mol. The molecule has 2 heterocycles. The lowest BCUT2D eigenvalue weighted by Gasteiger charge is -2.02. The number of aromatic nitrogens is 4. The summed E-state index contributed by atoms with van der Waals surface area (Å²) in [6.07, 6.45) is -1.26. The zero-order chi connectivity index (χ0) is 15.7. The molecule has 3 aromatic rings. The van der Waals surface area contributed by atoms with E-state index in [1.54, 1.807) is 25.3 Å². The van der Waals surface area contributed by atoms with Crippen molar-refractivity contribution in [3.8, 4) is 5.75 Å². The highest BCUT2D eigenvalue weighted by atomic mass is 32.1. The second-order valence-corrected chi connectivity index (χ2v) is 5.22. The molecule has 1 aromatic carbocycles. The molecule has 9 heteroatoms. The van der Waals surface area contributed by atoms with Gasteiger partial charge in [-0.25, -0.2) is 0 Å². The normalized spacial score (nSPS) is 12.4. The fourth-order valence-electron chi connectivity index (χ4n) is 1.84. The van der Waals surface area contributed by atoms with Gasteiger partial charge < -0.3 is 4.74 Å². The fourth-order valence-corrected chi connectivity index (χ4v) is 2.58. The molecule has 0 amide bonds. The standard InChI is InChI=1S/C13H9F3N4OS/c1-21-9-5-3-2-4-8(9)6-7-10-19-20-11(13(14,15)16)17-18-12(20)22-10/h2-7H,1H3. The van der Waals surface area contributed by atoms with Gasteiger partial charge in [-0.3, -0.25) is 0 Å². The molecular formula is C13H9F3N4OS. The molecule has 0 aliphatic rings. The maximum absolute atomic E-state index is 12.7. The summed E-state index contributed by atoms with van der Waals surface area (Å²) in [5.74, 6) is -0.464. The number of rotatable bonds is 3. The number of ether oxygens (including phenoxy) is 1.